The summed E-state index contributed by atoms with van der Waals surface area (Å²) in [7, 11) is -2.13. The fourth-order valence-corrected chi connectivity index (χ4v) is 5.35. The molecule has 0 bridgehead atoms. The van der Waals surface area contributed by atoms with Crippen molar-refractivity contribution in [3.05, 3.63) is 53.1 Å². The molecule has 0 spiro atoms. The van der Waals surface area contributed by atoms with E-state index >= 15 is 0 Å². The van der Waals surface area contributed by atoms with Crippen LogP contribution in [-0.4, -0.2) is 34.0 Å². The molecule has 27 heavy (non-hydrogen) atoms. The van der Waals surface area contributed by atoms with Crippen molar-refractivity contribution in [3.63, 3.8) is 0 Å². The van der Waals surface area contributed by atoms with Crippen molar-refractivity contribution in [3.8, 4) is 5.75 Å². The molecule has 1 fully saturated rings. The zero-order valence-electron chi connectivity index (χ0n) is 15.9. The van der Waals surface area contributed by atoms with E-state index in [2.05, 4.69) is 4.72 Å². The minimum absolute atomic E-state index is 0.106. The van der Waals surface area contributed by atoms with Gasteiger partial charge in [0.1, 0.15) is 5.75 Å². The number of hydrogen-bond acceptors (Lipinski definition) is 4. The second kappa shape index (κ2) is 7.32. The highest BCUT2D eigenvalue weighted by Crippen LogP contribution is 2.26. The molecule has 2 aromatic carbocycles. The SMILES string of the molecule is COc1ccc(N2C[C@@H](NS(=O)(=O)c3c(C)cc(C)cc3C)CC2=O)cc1. The molecule has 7 heteroatoms. The first-order valence-corrected chi connectivity index (χ1v) is 10.2. The van der Waals surface area contributed by atoms with Crippen molar-refractivity contribution in [2.75, 3.05) is 18.6 Å². The molecule has 0 aromatic heterocycles. The highest BCUT2D eigenvalue weighted by atomic mass is 32.2. The molecule has 144 valence electrons. The van der Waals surface area contributed by atoms with Gasteiger partial charge >= 0.3 is 0 Å². The minimum atomic E-state index is -3.71. The third-order valence-electron chi connectivity index (χ3n) is 4.70. The van der Waals surface area contributed by atoms with Crippen LogP contribution in [0.3, 0.4) is 0 Å². The summed E-state index contributed by atoms with van der Waals surface area (Å²) in [5, 5.41) is 0. The average molecular weight is 388 g/mol. The Labute approximate surface area is 160 Å². The van der Waals surface area contributed by atoms with Crippen molar-refractivity contribution in [2.45, 2.75) is 38.1 Å². The van der Waals surface area contributed by atoms with E-state index in [1.807, 2.05) is 19.1 Å². The van der Waals surface area contributed by atoms with Crippen molar-refractivity contribution < 1.29 is 17.9 Å². The van der Waals surface area contributed by atoms with E-state index in [-0.39, 0.29) is 12.3 Å². The molecule has 1 saturated heterocycles. The van der Waals surface area contributed by atoms with E-state index in [1.54, 1.807) is 50.1 Å². The third kappa shape index (κ3) is 3.99. The Morgan fingerprint density at radius 3 is 2.22 bits per heavy atom. The van der Waals surface area contributed by atoms with Crippen LogP contribution in [0.1, 0.15) is 23.1 Å². The van der Waals surface area contributed by atoms with Crippen molar-refractivity contribution in [1.82, 2.24) is 4.72 Å². The molecule has 0 unspecified atom stereocenters. The number of rotatable bonds is 5. The summed E-state index contributed by atoms with van der Waals surface area (Å²) in [5.41, 5.74) is 3.16. The molecule has 1 atom stereocenters. The lowest BCUT2D eigenvalue weighted by atomic mass is 10.1. The summed E-state index contributed by atoms with van der Waals surface area (Å²) in [5.74, 6) is 0.596. The molecule has 1 aliphatic rings. The van der Waals surface area contributed by atoms with Gasteiger partial charge in [0.05, 0.1) is 12.0 Å². The molecule has 0 saturated carbocycles. The molecular weight excluding hydrogens is 364 g/mol. The van der Waals surface area contributed by atoms with Crippen molar-refractivity contribution in [2.24, 2.45) is 0 Å². The number of carbonyl (C=O) groups is 1. The first-order chi connectivity index (χ1) is 12.7. The lowest BCUT2D eigenvalue weighted by Gasteiger charge is -2.19. The van der Waals surface area contributed by atoms with Gasteiger partial charge in [-0.15, -0.1) is 0 Å². The van der Waals surface area contributed by atoms with Gasteiger partial charge in [-0.3, -0.25) is 4.79 Å². The number of ether oxygens (including phenoxy) is 1. The number of benzene rings is 2. The van der Waals surface area contributed by atoms with Crippen LogP contribution in [0.4, 0.5) is 5.69 Å². The van der Waals surface area contributed by atoms with Crippen LogP contribution in [0.25, 0.3) is 0 Å². The normalized spacial score (nSPS) is 17.4. The quantitative estimate of drug-likeness (QED) is 0.855. The third-order valence-corrected chi connectivity index (χ3v) is 6.53. The van der Waals surface area contributed by atoms with Crippen LogP contribution < -0.4 is 14.4 Å². The first-order valence-electron chi connectivity index (χ1n) is 8.76. The second-order valence-corrected chi connectivity index (χ2v) is 8.60. The maximum Gasteiger partial charge on any atom is 0.241 e. The summed E-state index contributed by atoms with van der Waals surface area (Å²) in [4.78, 5) is 14.3. The van der Waals surface area contributed by atoms with Gasteiger partial charge in [0.25, 0.3) is 0 Å². The molecule has 2 aromatic rings. The lowest BCUT2D eigenvalue weighted by molar-refractivity contribution is -0.117. The number of aryl methyl sites for hydroxylation is 3. The number of anilines is 1. The molecule has 1 aliphatic heterocycles. The molecule has 1 amide bonds. The molecule has 0 radical (unpaired) electrons. The first kappa shape index (κ1) is 19.4. The Hall–Kier alpha value is -2.38. The van der Waals surface area contributed by atoms with Gasteiger partial charge in [-0.1, -0.05) is 17.7 Å². The van der Waals surface area contributed by atoms with Crippen LogP contribution in [0.15, 0.2) is 41.3 Å². The monoisotopic (exact) mass is 388 g/mol. The fourth-order valence-electron chi connectivity index (χ4n) is 3.67. The van der Waals surface area contributed by atoms with Crippen molar-refractivity contribution in [1.29, 1.82) is 0 Å². The molecule has 6 nitrogen and oxygen atoms in total. The number of carbonyl (C=O) groups excluding carboxylic acids is 1. The molecule has 1 heterocycles. The molecule has 1 N–H and O–H groups in total. The zero-order chi connectivity index (χ0) is 19.8. The van der Waals surface area contributed by atoms with Gasteiger partial charge in [0.15, 0.2) is 0 Å². The molecule has 0 aliphatic carbocycles. The Morgan fingerprint density at radius 1 is 1.07 bits per heavy atom. The summed E-state index contributed by atoms with van der Waals surface area (Å²) in [6, 6.07) is 10.4. The standard InChI is InChI=1S/C20H24N2O4S/c1-13-9-14(2)20(15(3)10-13)27(24,25)21-16-11-19(23)22(12-16)17-5-7-18(26-4)8-6-17/h5-10,16,21H,11-12H2,1-4H3/t16-/m0/s1. The fraction of sp³-hybridized carbons (Fsp3) is 0.350. The van der Waals surface area contributed by atoms with Crippen LogP contribution in [0, 0.1) is 20.8 Å². The Balaban J connectivity index is 1.79. The van der Waals surface area contributed by atoms with Crippen LogP contribution in [-0.2, 0) is 14.8 Å². The van der Waals surface area contributed by atoms with Crippen molar-refractivity contribution >= 4 is 21.6 Å². The largest absolute Gasteiger partial charge is 0.497 e. The van der Waals surface area contributed by atoms with E-state index < -0.39 is 16.1 Å². The highest BCUT2D eigenvalue weighted by Gasteiger charge is 2.34. The topological polar surface area (TPSA) is 75.7 Å². The van der Waals surface area contributed by atoms with Gasteiger partial charge in [-0.25, -0.2) is 13.1 Å². The van der Waals surface area contributed by atoms with E-state index in [9.17, 15) is 13.2 Å². The highest BCUT2D eigenvalue weighted by molar-refractivity contribution is 7.89. The maximum atomic E-state index is 12.9. The Kier molecular flexibility index (Phi) is 5.26. The summed E-state index contributed by atoms with van der Waals surface area (Å²) >= 11 is 0. The average Bonchev–Trinajstić information content (AvgIpc) is 2.93. The predicted octanol–water partition coefficient (Wildman–Crippen LogP) is 2.70. The van der Waals surface area contributed by atoms with Crippen LogP contribution in [0.5, 0.6) is 5.75 Å². The van der Waals surface area contributed by atoms with E-state index in [4.69, 9.17) is 4.74 Å². The number of sulfonamides is 1. The smallest absolute Gasteiger partial charge is 0.241 e. The van der Waals surface area contributed by atoms with E-state index in [0.717, 1.165) is 11.3 Å². The van der Waals surface area contributed by atoms with E-state index in [1.165, 1.54) is 0 Å². The Bertz CT molecular complexity index is 945. The van der Waals surface area contributed by atoms with Gasteiger partial charge in [0, 0.05) is 24.7 Å². The number of nitrogens with one attached hydrogen (secondary N) is 1. The zero-order valence-corrected chi connectivity index (χ0v) is 16.8. The lowest BCUT2D eigenvalue weighted by Crippen LogP contribution is -2.37. The van der Waals surface area contributed by atoms with E-state index in [0.29, 0.717) is 28.3 Å². The van der Waals surface area contributed by atoms with Crippen LogP contribution >= 0.6 is 0 Å². The molecule has 3 rings (SSSR count). The van der Waals surface area contributed by atoms with Gasteiger partial charge in [-0.05, 0) is 56.2 Å². The van der Waals surface area contributed by atoms with Crippen LogP contribution in [0.2, 0.25) is 0 Å². The Morgan fingerprint density at radius 2 is 1.67 bits per heavy atom. The van der Waals surface area contributed by atoms with Gasteiger partial charge < -0.3 is 9.64 Å². The molecular formula is C20H24N2O4S. The minimum Gasteiger partial charge on any atom is -0.497 e. The summed E-state index contributed by atoms with van der Waals surface area (Å²) < 4.78 is 33.7. The maximum absolute atomic E-state index is 12.9. The number of nitrogens with zero attached hydrogens (tertiary/aromatic N) is 1. The van der Waals surface area contributed by atoms with Gasteiger partial charge in [-0.2, -0.15) is 0 Å². The number of amides is 1. The summed E-state index contributed by atoms with van der Waals surface area (Å²) in [6.07, 6.45) is 0.134. The number of methoxy groups -OCH3 is 1. The number of hydrogen-bond donors (Lipinski definition) is 1. The second-order valence-electron chi connectivity index (χ2n) is 6.95. The summed E-state index contributed by atoms with van der Waals surface area (Å²) in [6.45, 7) is 5.82. The van der Waals surface area contributed by atoms with Gasteiger partial charge in [0.2, 0.25) is 15.9 Å². The predicted molar refractivity (Wildman–Crippen MR) is 105 cm³/mol.